The maximum Gasteiger partial charge on any atom is 0.483 e. The van der Waals surface area contributed by atoms with Crippen molar-refractivity contribution < 1.29 is 75.7 Å². The number of rotatable bonds is 9. The van der Waals surface area contributed by atoms with Gasteiger partial charge in [-0.05, 0) is 0 Å². The highest BCUT2D eigenvalue weighted by atomic mass is 35.5. The average Bonchev–Trinajstić information content (AvgIpc) is 2.32. The van der Waals surface area contributed by atoms with Gasteiger partial charge in [0, 0.05) is 0 Å². The lowest BCUT2D eigenvalue weighted by Crippen LogP contribution is -2.58. The first kappa shape index (κ1) is 27.8. The molecule has 0 heterocycles. The van der Waals surface area contributed by atoms with Crippen LogP contribution in [-0.4, -0.2) is 46.9 Å². The van der Waals surface area contributed by atoms with E-state index in [0.29, 0.717) is 0 Å². The largest absolute Gasteiger partial charge is 0.483 e. The summed E-state index contributed by atoms with van der Waals surface area (Å²) < 4.78 is 177. The van der Waals surface area contributed by atoms with Crippen LogP contribution in [0.4, 0.5) is 61.5 Å². The Labute approximate surface area is 158 Å². The highest BCUT2D eigenvalue weighted by Gasteiger charge is 2.76. The molecule has 3 nitrogen and oxygen atoms in total. The van der Waals surface area contributed by atoms with Gasteiger partial charge in [-0.15, -0.1) is 0 Å². The Bertz CT molecular complexity index is 545. The van der Waals surface area contributed by atoms with Crippen LogP contribution in [0.5, 0.6) is 0 Å². The summed E-state index contributed by atoms with van der Waals surface area (Å²) in [5.41, 5.74) is -3.49. The molecule has 28 heavy (non-hydrogen) atoms. The molecule has 170 valence electrons. The molecule has 0 aromatic carbocycles. The van der Waals surface area contributed by atoms with Gasteiger partial charge in [-0.3, -0.25) is 4.74 Å². The third kappa shape index (κ3) is 6.38. The van der Waals surface area contributed by atoms with Crippen molar-refractivity contribution in [2.24, 2.45) is 0 Å². The fourth-order valence-electron chi connectivity index (χ4n) is 0.823. The van der Waals surface area contributed by atoms with E-state index in [1.165, 1.54) is 4.74 Å². The monoisotopic (exact) mass is 516 g/mol. The van der Waals surface area contributed by atoms with Crippen molar-refractivity contribution >= 4 is 34.8 Å². The van der Waals surface area contributed by atoms with E-state index in [0.717, 1.165) is 0 Å². The molecule has 0 saturated carbocycles. The van der Waals surface area contributed by atoms with Crippen LogP contribution < -0.4 is 0 Å². The van der Waals surface area contributed by atoms with Gasteiger partial charge in [0.05, 0.1) is 0 Å². The van der Waals surface area contributed by atoms with E-state index in [9.17, 15) is 61.5 Å². The van der Waals surface area contributed by atoms with Crippen molar-refractivity contribution in [3.63, 3.8) is 0 Å². The molecule has 0 spiro atoms. The third-order valence-corrected chi connectivity index (χ3v) is 3.04. The summed E-state index contributed by atoms with van der Waals surface area (Å²) in [5.74, 6) is 0. The molecule has 1 atom stereocenters. The van der Waals surface area contributed by atoms with Crippen molar-refractivity contribution in [2.75, 3.05) is 0 Å². The zero-order chi connectivity index (χ0) is 23.2. The fraction of sp³-hybridized carbons (Fsp3) is 1.00. The summed E-state index contributed by atoms with van der Waals surface area (Å²) in [6, 6.07) is 0. The van der Waals surface area contributed by atoms with Crippen LogP contribution in [0.3, 0.4) is 0 Å². The van der Waals surface area contributed by atoms with Gasteiger partial charge in [0.2, 0.25) is 0 Å². The molecule has 20 heteroatoms. The molecule has 0 bridgehead atoms. The molecule has 0 aliphatic rings. The van der Waals surface area contributed by atoms with Crippen molar-refractivity contribution in [3.05, 3.63) is 0 Å². The molecule has 0 radical (unpaired) electrons. The van der Waals surface area contributed by atoms with Crippen molar-refractivity contribution in [1.29, 1.82) is 0 Å². The summed E-state index contributed by atoms with van der Waals surface area (Å²) in [5, 5.41) is 0. The first-order chi connectivity index (χ1) is 11.8. The molecule has 0 saturated heterocycles. The molecular weight excluding hydrogens is 516 g/mol. The lowest BCUT2D eigenvalue weighted by atomic mass is 10.5. The molecule has 0 aliphatic heterocycles. The van der Waals surface area contributed by atoms with Crippen LogP contribution in [-0.2, 0) is 14.2 Å². The van der Waals surface area contributed by atoms with Gasteiger partial charge in [0.25, 0.3) is 4.59 Å². The lowest BCUT2D eigenvalue weighted by molar-refractivity contribution is -0.559. The lowest BCUT2D eigenvalue weighted by Gasteiger charge is -2.34. The van der Waals surface area contributed by atoms with Crippen molar-refractivity contribution in [3.8, 4) is 0 Å². The summed E-state index contributed by atoms with van der Waals surface area (Å²) in [4.78, 5) is 0. The van der Waals surface area contributed by atoms with Gasteiger partial charge in [-0.25, -0.2) is 13.9 Å². The van der Waals surface area contributed by atoms with Crippen LogP contribution in [0, 0.1) is 0 Å². The number of alkyl halides is 17. The van der Waals surface area contributed by atoms with E-state index >= 15 is 0 Å². The maximum absolute atomic E-state index is 13.0. The predicted octanol–water partition coefficient (Wildman–Crippen LogP) is 6.23. The molecule has 0 aromatic rings. The number of hydrogen-bond acceptors (Lipinski definition) is 3. The summed E-state index contributed by atoms with van der Waals surface area (Å²) in [7, 11) is 0. The van der Waals surface area contributed by atoms with Crippen molar-refractivity contribution in [2.45, 2.75) is 46.9 Å². The van der Waals surface area contributed by atoms with Gasteiger partial charge in [-0.1, -0.05) is 34.8 Å². The van der Waals surface area contributed by atoms with E-state index in [2.05, 4.69) is 39.5 Å². The van der Waals surface area contributed by atoms with Crippen LogP contribution in [0.15, 0.2) is 0 Å². The highest BCUT2D eigenvalue weighted by molar-refractivity contribution is 6.50. The minimum Gasteiger partial charge on any atom is -0.288 e. The molecule has 0 rings (SSSR count). The SMILES string of the molecule is FC(Cl)(Cl)C(Cl)OC(F)(F)C(F)(F)OC(F)(F)C(F)(F)OC(F)(F)C(F)(F)F. The number of ether oxygens (including phenoxy) is 3. The van der Waals surface area contributed by atoms with E-state index in [1.807, 2.05) is 0 Å². The highest BCUT2D eigenvalue weighted by Crippen LogP contribution is 2.50. The fourth-order valence-corrected chi connectivity index (χ4v) is 1.02. The van der Waals surface area contributed by atoms with Crippen molar-refractivity contribution in [1.82, 2.24) is 0 Å². The first-order valence-electron chi connectivity index (χ1n) is 5.54. The van der Waals surface area contributed by atoms with Crippen LogP contribution in [0.1, 0.15) is 0 Å². The maximum atomic E-state index is 13.0. The Morgan fingerprint density at radius 3 is 1.07 bits per heavy atom. The van der Waals surface area contributed by atoms with Gasteiger partial charge in [-0.2, -0.15) is 57.1 Å². The quantitative estimate of drug-likeness (QED) is 0.268. The van der Waals surface area contributed by atoms with Gasteiger partial charge < -0.3 is 0 Å². The summed E-state index contributed by atoms with van der Waals surface area (Å²) in [6.07, 6.45) is -42.2. The summed E-state index contributed by atoms with van der Waals surface area (Å²) in [6.45, 7) is 0. The van der Waals surface area contributed by atoms with Crippen LogP contribution in [0.2, 0.25) is 0 Å². The Kier molecular flexibility index (Phi) is 7.73. The smallest absolute Gasteiger partial charge is 0.288 e. The Balaban J connectivity index is 5.64. The molecule has 0 N–H and O–H groups in total. The number of halogens is 17. The Morgan fingerprint density at radius 2 is 0.786 bits per heavy atom. The molecule has 0 fully saturated rings. The van der Waals surface area contributed by atoms with Gasteiger partial charge in [0.1, 0.15) is 0 Å². The molecule has 0 amide bonds. The second-order valence-electron chi connectivity index (χ2n) is 4.26. The molecular formula is C8HCl3F14O3. The third-order valence-electron chi connectivity index (χ3n) is 2.03. The minimum atomic E-state index is -7.27. The molecule has 1 unspecified atom stereocenters. The van der Waals surface area contributed by atoms with Gasteiger partial charge in [0.15, 0.2) is 5.56 Å². The normalized spacial score (nSPS) is 17.0. The average molecular weight is 517 g/mol. The Morgan fingerprint density at radius 1 is 0.500 bits per heavy atom. The van der Waals surface area contributed by atoms with Crippen LogP contribution >= 0.6 is 34.8 Å². The molecule has 0 aliphatic carbocycles. The second kappa shape index (κ2) is 7.79. The predicted molar refractivity (Wildman–Crippen MR) is 59.2 cm³/mol. The minimum absolute atomic E-state index is 1.43. The zero-order valence-corrected chi connectivity index (χ0v) is 14.0. The van der Waals surface area contributed by atoms with Gasteiger partial charge >= 0.3 is 36.7 Å². The van der Waals surface area contributed by atoms with E-state index in [-0.39, 0.29) is 0 Å². The van der Waals surface area contributed by atoms with E-state index in [4.69, 9.17) is 0 Å². The second-order valence-corrected chi connectivity index (χ2v) is 5.95. The zero-order valence-electron chi connectivity index (χ0n) is 11.7. The Hall–Kier alpha value is -0.230. The topological polar surface area (TPSA) is 27.7 Å². The summed E-state index contributed by atoms with van der Waals surface area (Å²) >= 11 is 13.3. The van der Waals surface area contributed by atoms with E-state index in [1.54, 1.807) is 4.74 Å². The first-order valence-corrected chi connectivity index (χ1v) is 6.73. The number of hydrogen-bond donors (Lipinski definition) is 0. The molecule has 0 aromatic heterocycles. The van der Waals surface area contributed by atoms with Crippen LogP contribution in [0.25, 0.3) is 0 Å². The standard InChI is InChI=1S/C8HCl3F14O3/c9-1(2(10,11)12)26-5(18,19)6(20,21)28-8(24,25)7(22,23)27-4(16,17)3(13,14)15/h1H. The van der Waals surface area contributed by atoms with E-state index < -0.39 is 46.9 Å².